The minimum atomic E-state index is -0.865. The van der Waals surface area contributed by atoms with E-state index >= 15 is 0 Å². The zero-order chi connectivity index (χ0) is 16.1. The summed E-state index contributed by atoms with van der Waals surface area (Å²) in [5.74, 6) is -0.199. The third-order valence-corrected chi connectivity index (χ3v) is 5.46. The van der Waals surface area contributed by atoms with Gasteiger partial charge in [-0.3, -0.25) is 5.41 Å². The van der Waals surface area contributed by atoms with Crippen molar-refractivity contribution < 1.29 is 9.90 Å². The van der Waals surface area contributed by atoms with Gasteiger partial charge in [0.25, 0.3) is 0 Å². The summed E-state index contributed by atoms with van der Waals surface area (Å²) in [6.45, 7) is 1.87. The highest BCUT2D eigenvalue weighted by molar-refractivity contribution is 6.03. The number of rotatable bonds is 2. The van der Waals surface area contributed by atoms with Gasteiger partial charge < -0.3 is 14.6 Å². The Hall–Kier alpha value is -2.01. The molecule has 1 aromatic carbocycles. The van der Waals surface area contributed by atoms with Gasteiger partial charge in [0.2, 0.25) is 0 Å². The number of hydrogen-bond acceptors (Lipinski definition) is 2. The summed E-state index contributed by atoms with van der Waals surface area (Å²) in [6.07, 6.45) is 6.07. The number of fused-ring (bicyclic) bond motifs is 3. The lowest BCUT2D eigenvalue weighted by Gasteiger charge is -2.40. The lowest BCUT2D eigenvalue weighted by molar-refractivity contribution is 0.0698. The van der Waals surface area contributed by atoms with Gasteiger partial charge in [-0.15, -0.1) is 12.4 Å². The molecule has 2 saturated heterocycles. The van der Waals surface area contributed by atoms with Crippen LogP contribution in [0, 0.1) is 5.41 Å². The predicted octanol–water partition coefficient (Wildman–Crippen LogP) is 3.93. The molecule has 2 N–H and O–H groups in total. The maximum Gasteiger partial charge on any atom is 0.337 e. The molecule has 6 heteroatoms. The number of carboxylic acids is 1. The number of aromatic nitrogens is 1. The number of carbonyl (C=O) groups is 1. The predicted molar refractivity (Wildman–Crippen MR) is 96.5 cm³/mol. The van der Waals surface area contributed by atoms with Crippen LogP contribution in [0.4, 0.5) is 0 Å². The van der Waals surface area contributed by atoms with E-state index in [1.54, 1.807) is 0 Å². The van der Waals surface area contributed by atoms with E-state index in [2.05, 4.69) is 9.47 Å². The molecule has 2 bridgehead atoms. The van der Waals surface area contributed by atoms with E-state index in [1.165, 1.54) is 0 Å². The molecular formula is C18H22ClN3O2. The van der Waals surface area contributed by atoms with Crippen LogP contribution in [0.1, 0.15) is 49.0 Å². The van der Waals surface area contributed by atoms with E-state index < -0.39 is 5.97 Å². The van der Waals surface area contributed by atoms with Crippen molar-refractivity contribution in [1.29, 1.82) is 5.41 Å². The Morgan fingerprint density at radius 1 is 1.17 bits per heavy atom. The van der Waals surface area contributed by atoms with Gasteiger partial charge in [-0.05, 0) is 38.7 Å². The molecule has 3 heterocycles. The smallest absolute Gasteiger partial charge is 0.337 e. The fourth-order valence-corrected chi connectivity index (χ4v) is 4.60. The average molecular weight is 348 g/mol. The molecule has 1 aromatic heterocycles. The number of benzene rings is 1. The summed E-state index contributed by atoms with van der Waals surface area (Å²) in [5.41, 5.74) is 1.40. The molecule has 5 nitrogen and oxygen atoms in total. The van der Waals surface area contributed by atoms with Gasteiger partial charge in [0, 0.05) is 35.2 Å². The summed E-state index contributed by atoms with van der Waals surface area (Å²) in [5, 5.41) is 18.3. The van der Waals surface area contributed by atoms with E-state index in [9.17, 15) is 9.90 Å². The minimum absolute atomic E-state index is 0. The summed E-state index contributed by atoms with van der Waals surface area (Å²) in [4.78, 5) is 13.8. The minimum Gasteiger partial charge on any atom is -0.478 e. The van der Waals surface area contributed by atoms with E-state index in [4.69, 9.17) is 5.41 Å². The quantitative estimate of drug-likeness (QED) is 0.639. The maximum atomic E-state index is 11.5. The Balaban J connectivity index is 0.00000169. The van der Waals surface area contributed by atoms with Crippen molar-refractivity contribution in [3.05, 3.63) is 36.0 Å². The highest BCUT2D eigenvalue weighted by Gasteiger charge is 2.41. The molecule has 24 heavy (non-hydrogen) atoms. The fourth-order valence-electron chi connectivity index (χ4n) is 4.60. The normalized spacial score (nSPS) is 25.5. The second-order valence-electron chi connectivity index (χ2n) is 6.78. The molecule has 2 fully saturated rings. The molecule has 0 amide bonds. The molecule has 2 aromatic rings. The van der Waals surface area contributed by atoms with Gasteiger partial charge in [-0.2, -0.15) is 0 Å². The average Bonchev–Trinajstić information content (AvgIpc) is 3.03. The highest BCUT2D eigenvalue weighted by Crippen LogP contribution is 2.42. The van der Waals surface area contributed by atoms with Gasteiger partial charge in [-0.1, -0.05) is 18.2 Å². The van der Waals surface area contributed by atoms with Crippen molar-refractivity contribution in [3.8, 4) is 0 Å². The molecule has 128 valence electrons. The number of aromatic carboxylic acids is 1. The first-order chi connectivity index (χ1) is 11.1. The van der Waals surface area contributed by atoms with Crippen LogP contribution in [0.5, 0.6) is 0 Å². The van der Waals surface area contributed by atoms with Crippen molar-refractivity contribution >= 4 is 35.1 Å². The van der Waals surface area contributed by atoms with Crippen LogP contribution in [0.2, 0.25) is 0 Å². The first kappa shape index (κ1) is 16.8. The second kappa shape index (κ2) is 6.13. The zero-order valence-electron chi connectivity index (χ0n) is 13.6. The van der Waals surface area contributed by atoms with Gasteiger partial charge in [0.1, 0.15) is 0 Å². The van der Waals surface area contributed by atoms with E-state index in [-0.39, 0.29) is 12.4 Å². The lowest BCUT2D eigenvalue weighted by Crippen LogP contribution is -2.45. The second-order valence-corrected chi connectivity index (χ2v) is 6.78. The fraction of sp³-hybridized carbons (Fsp3) is 0.444. The Kier molecular flexibility index (Phi) is 4.30. The molecule has 0 saturated carbocycles. The lowest BCUT2D eigenvalue weighted by atomic mass is 9.96. The number of carboxylic acid groups (broad SMARTS) is 1. The van der Waals surface area contributed by atoms with Gasteiger partial charge >= 0.3 is 5.97 Å². The van der Waals surface area contributed by atoms with Crippen LogP contribution < -0.4 is 0 Å². The topological polar surface area (TPSA) is 69.3 Å². The van der Waals surface area contributed by atoms with Crippen molar-refractivity contribution in [2.24, 2.45) is 0 Å². The summed E-state index contributed by atoms with van der Waals surface area (Å²) >= 11 is 0. The van der Waals surface area contributed by atoms with E-state index in [1.807, 2.05) is 37.4 Å². The summed E-state index contributed by atoms with van der Waals surface area (Å²) in [6, 6.07) is 8.93. The number of halogens is 1. The number of nitrogens with one attached hydrogen (secondary N) is 1. The Morgan fingerprint density at radius 2 is 1.79 bits per heavy atom. The molecule has 2 aliphatic rings. The third kappa shape index (κ3) is 2.47. The SMILES string of the molecule is CC(=N)N1C2CCC1CC(n1cc(C(=O)O)c3ccccc31)C2.Cl. The van der Waals surface area contributed by atoms with Crippen molar-refractivity contribution in [2.75, 3.05) is 0 Å². The van der Waals surface area contributed by atoms with E-state index in [0.29, 0.717) is 29.5 Å². The molecule has 2 aliphatic heterocycles. The molecular weight excluding hydrogens is 326 g/mol. The van der Waals surface area contributed by atoms with Crippen LogP contribution >= 0.6 is 12.4 Å². The Bertz CT molecular complexity index is 787. The standard InChI is InChI=1S/C18H21N3O2.ClH/c1-11(19)21-12-6-7-13(21)9-14(8-12)20-10-16(18(22)23)15-4-2-3-5-17(15)20;/h2-5,10,12-14,19H,6-9H2,1H3,(H,22,23);1H. The maximum absolute atomic E-state index is 11.5. The molecule has 2 atom stereocenters. The number of para-hydroxylation sites is 1. The number of nitrogens with zero attached hydrogens (tertiary/aromatic N) is 2. The highest BCUT2D eigenvalue weighted by atomic mass is 35.5. The van der Waals surface area contributed by atoms with Crippen LogP contribution in [0.25, 0.3) is 10.9 Å². The number of hydrogen-bond donors (Lipinski definition) is 2. The molecule has 0 spiro atoms. The Labute approximate surface area is 147 Å². The molecule has 4 rings (SSSR count). The van der Waals surface area contributed by atoms with Gasteiger partial charge in [-0.25, -0.2) is 4.79 Å². The molecule has 0 aliphatic carbocycles. The van der Waals surface area contributed by atoms with Crippen molar-refractivity contribution in [2.45, 2.75) is 50.7 Å². The monoisotopic (exact) mass is 347 g/mol. The third-order valence-electron chi connectivity index (χ3n) is 5.46. The van der Waals surface area contributed by atoms with Crippen LogP contribution in [0.3, 0.4) is 0 Å². The summed E-state index contributed by atoms with van der Waals surface area (Å²) in [7, 11) is 0. The number of amidine groups is 1. The number of piperidine rings is 1. The Morgan fingerprint density at radius 3 is 2.38 bits per heavy atom. The van der Waals surface area contributed by atoms with Gasteiger partial charge in [0.15, 0.2) is 0 Å². The molecule has 2 unspecified atom stereocenters. The largest absolute Gasteiger partial charge is 0.478 e. The first-order valence-electron chi connectivity index (χ1n) is 8.22. The van der Waals surface area contributed by atoms with E-state index in [0.717, 1.165) is 36.6 Å². The zero-order valence-corrected chi connectivity index (χ0v) is 14.4. The summed E-state index contributed by atoms with van der Waals surface area (Å²) < 4.78 is 2.17. The van der Waals surface area contributed by atoms with Crippen LogP contribution in [0.15, 0.2) is 30.5 Å². The van der Waals surface area contributed by atoms with Gasteiger partial charge in [0.05, 0.1) is 11.4 Å². The van der Waals surface area contributed by atoms with Crippen molar-refractivity contribution in [3.63, 3.8) is 0 Å². The van der Waals surface area contributed by atoms with Crippen LogP contribution in [-0.4, -0.2) is 38.5 Å². The molecule has 0 radical (unpaired) electrons. The van der Waals surface area contributed by atoms with Crippen LogP contribution in [-0.2, 0) is 0 Å². The first-order valence-corrected chi connectivity index (χ1v) is 8.22. The van der Waals surface area contributed by atoms with Crippen molar-refractivity contribution in [1.82, 2.24) is 9.47 Å².